The summed E-state index contributed by atoms with van der Waals surface area (Å²) in [5, 5.41) is 7.52. The molecule has 10 rings (SSSR count). The molecule has 1 aliphatic carbocycles. The van der Waals surface area contributed by atoms with Crippen molar-refractivity contribution in [1.29, 1.82) is 0 Å². The molecule has 0 saturated carbocycles. The topological polar surface area (TPSA) is 9.23 Å². The smallest absolute Gasteiger partial charge is 0.135 e. The molecule has 0 fully saturated rings. The summed E-state index contributed by atoms with van der Waals surface area (Å²) in [5.41, 5.74) is 12.7. The number of fused-ring (bicyclic) bond motifs is 7. The van der Waals surface area contributed by atoms with Crippen LogP contribution in [0.5, 0.6) is 11.5 Å². The van der Waals surface area contributed by atoms with Crippen molar-refractivity contribution in [3.63, 3.8) is 0 Å². The van der Waals surface area contributed by atoms with Crippen molar-refractivity contribution in [2.24, 2.45) is 0 Å². The van der Waals surface area contributed by atoms with E-state index >= 15 is 0 Å². The zero-order chi connectivity index (χ0) is 30.6. The molecule has 1 heterocycles. The minimum absolute atomic E-state index is 0.155. The van der Waals surface area contributed by atoms with Crippen LogP contribution in [0.2, 0.25) is 0 Å². The third-order valence-electron chi connectivity index (χ3n) is 10.4. The highest BCUT2D eigenvalue weighted by Crippen LogP contribution is 2.55. The lowest BCUT2D eigenvalue weighted by Crippen LogP contribution is -2.15. The first kappa shape index (κ1) is 25.6. The lowest BCUT2D eigenvalue weighted by molar-refractivity contribution is 0.487. The summed E-state index contributed by atoms with van der Waals surface area (Å²) in [7, 11) is 0. The Hall–Kier alpha value is -5.66. The molecular formula is C45H30O. The molecular weight excluding hydrogens is 556 g/mol. The molecule has 0 saturated heterocycles. The first-order valence-corrected chi connectivity index (χ1v) is 16.1. The lowest BCUT2D eigenvalue weighted by atomic mass is 9.80. The number of hydrogen-bond acceptors (Lipinski definition) is 1. The van der Waals surface area contributed by atoms with Crippen LogP contribution in [0.25, 0.3) is 76.8 Å². The monoisotopic (exact) mass is 586 g/mol. The number of ether oxygens (including phenoxy) is 1. The summed E-state index contributed by atoms with van der Waals surface area (Å²) in [6.45, 7) is 4.78. The van der Waals surface area contributed by atoms with Gasteiger partial charge >= 0.3 is 0 Å². The molecule has 0 spiro atoms. The molecule has 2 aliphatic rings. The van der Waals surface area contributed by atoms with E-state index in [0.29, 0.717) is 0 Å². The summed E-state index contributed by atoms with van der Waals surface area (Å²) in [6, 6.07) is 53.5. The minimum Gasteiger partial charge on any atom is -0.456 e. The summed E-state index contributed by atoms with van der Waals surface area (Å²) in [6.07, 6.45) is 0. The van der Waals surface area contributed by atoms with Crippen LogP contribution in [0, 0.1) is 0 Å². The Morgan fingerprint density at radius 2 is 1.13 bits per heavy atom. The molecule has 0 radical (unpaired) electrons. The molecule has 0 N–H and O–H groups in total. The average molecular weight is 587 g/mol. The van der Waals surface area contributed by atoms with Gasteiger partial charge in [0, 0.05) is 16.4 Å². The second-order valence-corrected chi connectivity index (χ2v) is 13.3. The molecule has 8 aromatic rings. The largest absolute Gasteiger partial charge is 0.456 e. The van der Waals surface area contributed by atoms with Gasteiger partial charge in [0.05, 0.1) is 0 Å². The molecule has 0 atom stereocenters. The fraction of sp³-hybridized carbons (Fsp3) is 0.0667. The first-order chi connectivity index (χ1) is 22.5. The molecule has 1 aliphatic heterocycles. The predicted molar refractivity (Wildman–Crippen MR) is 193 cm³/mol. The van der Waals surface area contributed by atoms with E-state index in [-0.39, 0.29) is 5.41 Å². The fourth-order valence-electron chi connectivity index (χ4n) is 8.11. The van der Waals surface area contributed by atoms with Gasteiger partial charge in [-0.2, -0.15) is 0 Å². The van der Waals surface area contributed by atoms with Gasteiger partial charge in [-0.05, 0) is 113 Å². The number of benzene rings is 8. The number of hydrogen-bond donors (Lipinski definition) is 0. The first-order valence-electron chi connectivity index (χ1n) is 16.1. The van der Waals surface area contributed by atoms with E-state index in [1.165, 1.54) is 82.4 Å². The van der Waals surface area contributed by atoms with Gasteiger partial charge < -0.3 is 4.74 Å². The van der Waals surface area contributed by atoms with Crippen LogP contribution in [0.3, 0.4) is 0 Å². The van der Waals surface area contributed by atoms with E-state index in [9.17, 15) is 0 Å². The Morgan fingerprint density at radius 3 is 2.02 bits per heavy atom. The zero-order valence-electron chi connectivity index (χ0n) is 25.8. The maximum atomic E-state index is 6.41. The normalized spacial score (nSPS) is 13.8. The van der Waals surface area contributed by atoms with Crippen LogP contribution in [-0.4, -0.2) is 0 Å². The van der Waals surface area contributed by atoms with Gasteiger partial charge in [0.25, 0.3) is 0 Å². The van der Waals surface area contributed by atoms with Crippen molar-refractivity contribution in [3.8, 4) is 56.0 Å². The van der Waals surface area contributed by atoms with Crippen LogP contribution in [0.15, 0.2) is 146 Å². The molecule has 0 unspecified atom stereocenters. The lowest BCUT2D eigenvalue weighted by Gasteiger charge is -2.24. The van der Waals surface area contributed by atoms with E-state index < -0.39 is 0 Å². The van der Waals surface area contributed by atoms with Crippen molar-refractivity contribution in [3.05, 3.63) is 157 Å². The Balaban J connectivity index is 1.17. The summed E-state index contributed by atoms with van der Waals surface area (Å²) >= 11 is 0. The fourth-order valence-corrected chi connectivity index (χ4v) is 8.11. The highest BCUT2D eigenvalue weighted by molar-refractivity contribution is 6.09. The molecule has 1 nitrogen and oxygen atoms in total. The molecule has 46 heavy (non-hydrogen) atoms. The van der Waals surface area contributed by atoms with E-state index in [4.69, 9.17) is 4.74 Å². The van der Waals surface area contributed by atoms with Crippen molar-refractivity contribution >= 4 is 32.3 Å². The van der Waals surface area contributed by atoms with Crippen LogP contribution in [-0.2, 0) is 5.41 Å². The van der Waals surface area contributed by atoms with Crippen LogP contribution >= 0.6 is 0 Å². The molecule has 0 amide bonds. The molecule has 0 bridgehead atoms. The third kappa shape index (κ3) is 3.51. The Kier molecular flexibility index (Phi) is 5.12. The van der Waals surface area contributed by atoms with Gasteiger partial charge in [0.1, 0.15) is 11.5 Å². The van der Waals surface area contributed by atoms with Gasteiger partial charge in [-0.15, -0.1) is 0 Å². The summed E-state index contributed by atoms with van der Waals surface area (Å²) in [5.74, 6) is 1.84. The van der Waals surface area contributed by atoms with E-state index in [2.05, 4.69) is 159 Å². The molecule has 8 aromatic carbocycles. The van der Waals surface area contributed by atoms with Gasteiger partial charge in [0.15, 0.2) is 0 Å². The quantitative estimate of drug-likeness (QED) is 0.196. The standard InChI is InChI=1S/C45H30O/c1-45(2)38-25-31(30-20-22-40-37(24-30)35-15-7-12-28-13-8-16-41(46-40)42(28)35)19-21-36(38)44-39(45)26-32-11-5-6-14-34(32)43(44)33-18-17-27-9-3-4-10-29(27)23-33/h3-26H,1-2H3. The van der Waals surface area contributed by atoms with E-state index in [1.807, 2.05) is 0 Å². The second-order valence-electron chi connectivity index (χ2n) is 13.3. The van der Waals surface area contributed by atoms with Crippen molar-refractivity contribution in [2.75, 3.05) is 0 Å². The van der Waals surface area contributed by atoms with Crippen LogP contribution in [0.1, 0.15) is 25.0 Å². The Bertz CT molecular complexity index is 2580. The van der Waals surface area contributed by atoms with E-state index in [1.54, 1.807) is 0 Å². The molecule has 1 heteroatoms. The second kappa shape index (κ2) is 9.19. The highest BCUT2D eigenvalue weighted by Gasteiger charge is 2.38. The van der Waals surface area contributed by atoms with Crippen molar-refractivity contribution in [2.45, 2.75) is 19.3 Å². The van der Waals surface area contributed by atoms with Crippen LogP contribution < -0.4 is 4.74 Å². The van der Waals surface area contributed by atoms with Crippen molar-refractivity contribution in [1.82, 2.24) is 0 Å². The van der Waals surface area contributed by atoms with Crippen LogP contribution in [0.4, 0.5) is 0 Å². The van der Waals surface area contributed by atoms with Crippen molar-refractivity contribution < 1.29 is 4.74 Å². The Labute approximate surface area is 268 Å². The number of rotatable bonds is 2. The zero-order valence-corrected chi connectivity index (χ0v) is 25.8. The Morgan fingerprint density at radius 1 is 0.413 bits per heavy atom. The van der Waals surface area contributed by atoms with Gasteiger partial charge in [-0.25, -0.2) is 0 Å². The highest BCUT2D eigenvalue weighted by atomic mass is 16.5. The SMILES string of the molecule is CC1(C)c2cc(-c3ccc4c(c3)-c3cccc5cccc(c35)O4)ccc2-c2c1cc1ccccc1c2-c1ccc2ccccc2c1. The average Bonchev–Trinajstić information content (AvgIpc) is 3.32. The summed E-state index contributed by atoms with van der Waals surface area (Å²) in [4.78, 5) is 0. The van der Waals surface area contributed by atoms with Gasteiger partial charge in [-0.3, -0.25) is 0 Å². The van der Waals surface area contributed by atoms with Gasteiger partial charge in [0.2, 0.25) is 0 Å². The predicted octanol–water partition coefficient (Wildman–Crippen LogP) is 12.6. The minimum atomic E-state index is -0.155. The third-order valence-corrected chi connectivity index (χ3v) is 10.4. The maximum absolute atomic E-state index is 6.41. The maximum Gasteiger partial charge on any atom is 0.135 e. The van der Waals surface area contributed by atoms with E-state index in [0.717, 1.165) is 17.1 Å². The summed E-state index contributed by atoms with van der Waals surface area (Å²) < 4.78 is 6.41. The van der Waals surface area contributed by atoms with Gasteiger partial charge in [-0.1, -0.05) is 123 Å². The molecule has 216 valence electrons. The molecule has 0 aromatic heterocycles.